The number of hydrogen-bond acceptors (Lipinski definition) is 2. The summed E-state index contributed by atoms with van der Waals surface area (Å²) in [6, 6.07) is 3.71. The minimum absolute atomic E-state index is 0.0306. The van der Waals surface area contributed by atoms with Gasteiger partial charge in [-0.2, -0.15) is 0 Å². The molecule has 3 atom stereocenters. The second-order valence-electron chi connectivity index (χ2n) is 6.85. The van der Waals surface area contributed by atoms with Crippen molar-refractivity contribution < 1.29 is 13.5 Å². The molecule has 0 radical (unpaired) electrons. The Balaban J connectivity index is 1.62. The average molecular weight is 323 g/mol. The number of ether oxygens (including phenoxy) is 1. The van der Waals surface area contributed by atoms with Gasteiger partial charge in [0.25, 0.3) is 0 Å². The van der Waals surface area contributed by atoms with Gasteiger partial charge >= 0.3 is 0 Å². The topological polar surface area (TPSA) is 45.7 Å². The molecule has 1 aliphatic carbocycles. The highest BCUT2D eigenvalue weighted by Crippen LogP contribution is 2.52. The highest BCUT2D eigenvalue weighted by atomic mass is 19.1. The molecule has 4 nitrogen and oxygen atoms in total. The summed E-state index contributed by atoms with van der Waals surface area (Å²) in [6.07, 6.45) is 1.33. The molecule has 1 aromatic carbocycles. The minimum atomic E-state index is -0.447. The van der Waals surface area contributed by atoms with Crippen LogP contribution in [0.25, 0.3) is 0 Å². The van der Waals surface area contributed by atoms with Gasteiger partial charge in [0.15, 0.2) is 5.96 Å². The molecule has 1 heterocycles. The molecule has 126 valence electrons. The van der Waals surface area contributed by atoms with Crippen LogP contribution in [0.1, 0.15) is 25.8 Å². The molecule has 3 unspecified atom stereocenters. The fourth-order valence-corrected chi connectivity index (χ4v) is 3.82. The summed E-state index contributed by atoms with van der Waals surface area (Å²) in [5.41, 5.74) is 0.311. The van der Waals surface area contributed by atoms with Crippen LogP contribution in [0.3, 0.4) is 0 Å². The van der Waals surface area contributed by atoms with Crippen LogP contribution in [0.5, 0.6) is 0 Å². The number of guanidine groups is 1. The molecule has 1 saturated carbocycles. The Hall–Kier alpha value is -1.69. The van der Waals surface area contributed by atoms with E-state index in [0.717, 1.165) is 25.2 Å². The van der Waals surface area contributed by atoms with Gasteiger partial charge in [0, 0.05) is 43.1 Å². The molecule has 6 heteroatoms. The van der Waals surface area contributed by atoms with E-state index in [2.05, 4.69) is 29.5 Å². The Morgan fingerprint density at radius 1 is 1.39 bits per heavy atom. The zero-order valence-electron chi connectivity index (χ0n) is 13.7. The monoisotopic (exact) mass is 323 g/mol. The maximum Gasteiger partial charge on any atom is 0.191 e. The van der Waals surface area contributed by atoms with E-state index in [9.17, 15) is 8.78 Å². The number of rotatable bonds is 3. The molecule has 2 aliphatic rings. The van der Waals surface area contributed by atoms with Crippen LogP contribution in [0, 0.1) is 23.0 Å². The van der Waals surface area contributed by atoms with Crippen LogP contribution in [0.15, 0.2) is 23.2 Å². The van der Waals surface area contributed by atoms with Gasteiger partial charge in [0.2, 0.25) is 0 Å². The van der Waals surface area contributed by atoms with Crippen molar-refractivity contribution in [3.05, 3.63) is 35.4 Å². The lowest BCUT2D eigenvalue weighted by molar-refractivity contribution is -0.106. The van der Waals surface area contributed by atoms with Crippen LogP contribution in [-0.4, -0.2) is 31.8 Å². The number of nitrogens with zero attached hydrogens (tertiary/aromatic N) is 1. The van der Waals surface area contributed by atoms with Crippen molar-refractivity contribution in [3.63, 3.8) is 0 Å². The smallest absolute Gasteiger partial charge is 0.191 e. The molecule has 0 spiro atoms. The van der Waals surface area contributed by atoms with E-state index in [-0.39, 0.29) is 23.6 Å². The number of benzene rings is 1. The van der Waals surface area contributed by atoms with Crippen LogP contribution in [0.2, 0.25) is 0 Å². The molecule has 2 N–H and O–H groups in total. The lowest BCUT2D eigenvalue weighted by Gasteiger charge is -2.54. The van der Waals surface area contributed by atoms with Gasteiger partial charge in [0.05, 0.1) is 6.10 Å². The van der Waals surface area contributed by atoms with E-state index < -0.39 is 11.6 Å². The molecule has 0 bridgehead atoms. The number of fused-ring (bicyclic) bond motifs is 1. The van der Waals surface area contributed by atoms with E-state index in [1.807, 2.05) is 0 Å². The van der Waals surface area contributed by atoms with Crippen molar-refractivity contribution in [2.24, 2.45) is 16.3 Å². The van der Waals surface area contributed by atoms with Crippen molar-refractivity contribution in [2.45, 2.75) is 39.0 Å². The van der Waals surface area contributed by atoms with Gasteiger partial charge in [-0.3, -0.25) is 4.99 Å². The first-order valence-electron chi connectivity index (χ1n) is 7.96. The number of aliphatic imine (C=N–C) groups is 1. The fraction of sp³-hybridized carbons (Fsp3) is 0.588. The summed E-state index contributed by atoms with van der Waals surface area (Å²) in [6.45, 7) is 5.34. The Morgan fingerprint density at radius 2 is 2.17 bits per heavy atom. The van der Waals surface area contributed by atoms with Crippen LogP contribution < -0.4 is 10.6 Å². The minimum Gasteiger partial charge on any atom is -0.377 e. The zero-order chi connectivity index (χ0) is 16.6. The predicted octanol–water partition coefficient (Wildman–Crippen LogP) is 2.44. The van der Waals surface area contributed by atoms with Crippen LogP contribution in [-0.2, 0) is 11.3 Å². The lowest BCUT2D eigenvalue weighted by Crippen LogP contribution is -2.67. The van der Waals surface area contributed by atoms with E-state index >= 15 is 0 Å². The SMILES string of the molecule is CN=C(NCc1cc(F)ccc1F)NC1C2CCOC2C1(C)C. The van der Waals surface area contributed by atoms with E-state index in [4.69, 9.17) is 4.74 Å². The second kappa shape index (κ2) is 6.07. The van der Waals surface area contributed by atoms with Gasteiger partial charge in [-0.25, -0.2) is 8.78 Å². The summed E-state index contributed by atoms with van der Waals surface area (Å²) in [5, 5.41) is 6.47. The molecular weight excluding hydrogens is 300 g/mol. The normalized spacial score (nSPS) is 28.9. The van der Waals surface area contributed by atoms with Crippen molar-refractivity contribution in [3.8, 4) is 0 Å². The lowest BCUT2D eigenvalue weighted by atomic mass is 9.57. The number of halogens is 2. The highest BCUT2D eigenvalue weighted by molar-refractivity contribution is 5.80. The zero-order valence-corrected chi connectivity index (χ0v) is 13.7. The summed E-state index contributed by atoms with van der Waals surface area (Å²) >= 11 is 0. The van der Waals surface area contributed by atoms with Crippen LogP contribution in [0.4, 0.5) is 8.78 Å². The summed E-state index contributed by atoms with van der Waals surface area (Å²) in [7, 11) is 1.67. The highest BCUT2D eigenvalue weighted by Gasteiger charge is 2.59. The standard InChI is InChI=1S/C17H23F2N3O/c1-17(2)14(12-6-7-23-15(12)17)22-16(20-3)21-9-10-8-11(18)4-5-13(10)19/h4-5,8,12,14-15H,6-7,9H2,1-3H3,(H2,20,21,22). The Kier molecular flexibility index (Phi) is 4.27. The van der Waals surface area contributed by atoms with Crippen molar-refractivity contribution in [1.82, 2.24) is 10.6 Å². The first-order valence-corrected chi connectivity index (χ1v) is 7.96. The van der Waals surface area contributed by atoms with E-state index in [0.29, 0.717) is 18.0 Å². The Labute approximate surface area is 135 Å². The molecule has 23 heavy (non-hydrogen) atoms. The fourth-order valence-electron chi connectivity index (χ4n) is 3.82. The number of nitrogens with one attached hydrogen (secondary N) is 2. The largest absolute Gasteiger partial charge is 0.377 e. The number of hydrogen-bond donors (Lipinski definition) is 2. The molecule has 1 aromatic rings. The Morgan fingerprint density at radius 3 is 2.91 bits per heavy atom. The molecule has 0 amide bonds. The molecule has 3 rings (SSSR count). The van der Waals surface area contributed by atoms with Crippen molar-refractivity contribution in [2.75, 3.05) is 13.7 Å². The third kappa shape index (κ3) is 2.92. The summed E-state index contributed by atoms with van der Waals surface area (Å²) < 4.78 is 32.7. The van der Waals surface area contributed by atoms with Crippen molar-refractivity contribution >= 4 is 5.96 Å². The average Bonchev–Trinajstić information content (AvgIpc) is 2.97. The second-order valence-corrected chi connectivity index (χ2v) is 6.85. The first kappa shape index (κ1) is 16.2. The third-order valence-corrected chi connectivity index (χ3v) is 5.07. The third-order valence-electron chi connectivity index (χ3n) is 5.07. The van der Waals surface area contributed by atoms with Crippen molar-refractivity contribution in [1.29, 1.82) is 0 Å². The van der Waals surface area contributed by atoms with Gasteiger partial charge in [-0.15, -0.1) is 0 Å². The maximum atomic E-state index is 13.7. The van der Waals surface area contributed by atoms with Gasteiger partial charge < -0.3 is 15.4 Å². The molecule has 2 fully saturated rings. The van der Waals surface area contributed by atoms with E-state index in [1.165, 1.54) is 6.07 Å². The summed E-state index contributed by atoms with van der Waals surface area (Å²) in [4.78, 5) is 4.19. The molecular formula is C17H23F2N3O. The Bertz CT molecular complexity index is 618. The summed E-state index contributed by atoms with van der Waals surface area (Å²) in [5.74, 6) is 0.200. The molecule has 0 aromatic heterocycles. The first-order chi connectivity index (χ1) is 10.9. The quantitative estimate of drug-likeness (QED) is 0.663. The molecule has 1 aliphatic heterocycles. The maximum absolute atomic E-state index is 13.7. The van der Waals surface area contributed by atoms with Crippen LogP contribution >= 0.6 is 0 Å². The molecule has 1 saturated heterocycles. The van der Waals surface area contributed by atoms with Gasteiger partial charge in [0.1, 0.15) is 11.6 Å². The van der Waals surface area contributed by atoms with Gasteiger partial charge in [-0.1, -0.05) is 13.8 Å². The van der Waals surface area contributed by atoms with E-state index in [1.54, 1.807) is 7.05 Å². The van der Waals surface area contributed by atoms with Gasteiger partial charge in [-0.05, 0) is 24.6 Å². The predicted molar refractivity (Wildman–Crippen MR) is 85.1 cm³/mol.